The van der Waals surface area contributed by atoms with E-state index in [2.05, 4.69) is 29.2 Å². The maximum absolute atomic E-state index is 10.7. The van der Waals surface area contributed by atoms with Crippen molar-refractivity contribution >= 4 is 5.97 Å². The van der Waals surface area contributed by atoms with Gasteiger partial charge in [0.2, 0.25) is 0 Å². The van der Waals surface area contributed by atoms with Crippen LogP contribution in [0.25, 0.3) is 0 Å². The predicted octanol–water partition coefficient (Wildman–Crippen LogP) is 3.47. The van der Waals surface area contributed by atoms with Crippen molar-refractivity contribution in [1.29, 1.82) is 0 Å². The van der Waals surface area contributed by atoms with Crippen LogP contribution in [0.1, 0.15) is 50.1 Å². The molecule has 1 aliphatic rings. The Morgan fingerprint density at radius 1 is 1.16 bits per heavy atom. The fourth-order valence-electron chi connectivity index (χ4n) is 2.91. The van der Waals surface area contributed by atoms with Gasteiger partial charge in [-0.05, 0) is 44.3 Å². The molecule has 1 fully saturated rings. The zero-order chi connectivity index (χ0) is 13.5. The topological polar surface area (TPSA) is 40.5 Å². The molecule has 0 saturated carbocycles. The van der Waals surface area contributed by atoms with Crippen LogP contribution >= 0.6 is 0 Å². The van der Waals surface area contributed by atoms with E-state index < -0.39 is 5.97 Å². The fourth-order valence-corrected chi connectivity index (χ4v) is 2.91. The number of carboxylic acid groups (broad SMARTS) is 1. The number of benzene rings is 1. The minimum atomic E-state index is -0.689. The zero-order valence-electron chi connectivity index (χ0n) is 11.4. The summed E-state index contributed by atoms with van der Waals surface area (Å²) in [7, 11) is 0. The van der Waals surface area contributed by atoms with Crippen LogP contribution in [0.4, 0.5) is 0 Å². The molecule has 1 aromatic rings. The molecule has 1 unspecified atom stereocenters. The number of piperidine rings is 1. The van der Waals surface area contributed by atoms with E-state index in [1.165, 1.54) is 24.8 Å². The number of carbonyl (C=O) groups is 1. The third-order valence-corrected chi connectivity index (χ3v) is 3.88. The van der Waals surface area contributed by atoms with Crippen molar-refractivity contribution in [3.05, 3.63) is 35.9 Å². The summed E-state index contributed by atoms with van der Waals surface area (Å²) in [6, 6.07) is 10.9. The Morgan fingerprint density at radius 2 is 1.84 bits per heavy atom. The SMILES string of the molecule is O=C(O)CCCC(c1ccccc1)N1CCCCC1. The lowest BCUT2D eigenvalue weighted by Crippen LogP contribution is -2.33. The van der Waals surface area contributed by atoms with Crippen LogP contribution in [0.5, 0.6) is 0 Å². The Hall–Kier alpha value is -1.35. The summed E-state index contributed by atoms with van der Waals surface area (Å²) >= 11 is 0. The van der Waals surface area contributed by atoms with Crippen LogP contribution in [0.2, 0.25) is 0 Å². The number of aliphatic carboxylic acids is 1. The van der Waals surface area contributed by atoms with E-state index in [1.54, 1.807) is 0 Å². The molecule has 0 bridgehead atoms. The molecule has 0 spiro atoms. The van der Waals surface area contributed by atoms with Crippen LogP contribution in [0, 0.1) is 0 Å². The molecule has 0 radical (unpaired) electrons. The Balaban J connectivity index is 2.01. The monoisotopic (exact) mass is 261 g/mol. The minimum Gasteiger partial charge on any atom is -0.481 e. The average molecular weight is 261 g/mol. The van der Waals surface area contributed by atoms with Crippen LogP contribution in [0.3, 0.4) is 0 Å². The number of hydrogen-bond donors (Lipinski definition) is 1. The van der Waals surface area contributed by atoms with Crippen molar-refractivity contribution in [3.8, 4) is 0 Å². The van der Waals surface area contributed by atoms with Crippen molar-refractivity contribution in [2.45, 2.75) is 44.6 Å². The van der Waals surface area contributed by atoms with Crippen LogP contribution < -0.4 is 0 Å². The van der Waals surface area contributed by atoms with E-state index in [0.29, 0.717) is 6.04 Å². The highest BCUT2D eigenvalue weighted by Crippen LogP contribution is 2.29. The highest BCUT2D eigenvalue weighted by molar-refractivity contribution is 5.66. The zero-order valence-corrected chi connectivity index (χ0v) is 11.4. The molecule has 1 atom stereocenters. The maximum atomic E-state index is 10.7. The minimum absolute atomic E-state index is 0.275. The summed E-state index contributed by atoms with van der Waals surface area (Å²) < 4.78 is 0. The van der Waals surface area contributed by atoms with Gasteiger partial charge in [0.15, 0.2) is 0 Å². The summed E-state index contributed by atoms with van der Waals surface area (Å²) in [6.07, 6.45) is 5.83. The first-order valence-corrected chi connectivity index (χ1v) is 7.28. The molecule has 104 valence electrons. The molecule has 3 nitrogen and oxygen atoms in total. The first kappa shape index (κ1) is 14.1. The lowest BCUT2D eigenvalue weighted by Gasteiger charge is -2.35. The molecule has 1 aliphatic heterocycles. The van der Waals surface area contributed by atoms with Gasteiger partial charge in [0.1, 0.15) is 0 Å². The number of likely N-dealkylation sites (tertiary alicyclic amines) is 1. The summed E-state index contributed by atoms with van der Waals surface area (Å²) in [5.41, 5.74) is 1.33. The Labute approximate surface area is 115 Å². The molecule has 1 aromatic carbocycles. The molecule has 1 saturated heterocycles. The second-order valence-corrected chi connectivity index (χ2v) is 5.31. The van der Waals surface area contributed by atoms with E-state index >= 15 is 0 Å². The Morgan fingerprint density at radius 3 is 2.47 bits per heavy atom. The summed E-state index contributed by atoms with van der Waals surface area (Å²) in [6.45, 7) is 2.29. The largest absolute Gasteiger partial charge is 0.481 e. The predicted molar refractivity (Wildman–Crippen MR) is 76.1 cm³/mol. The molecule has 19 heavy (non-hydrogen) atoms. The second kappa shape index (κ2) is 7.29. The maximum Gasteiger partial charge on any atom is 0.303 e. The van der Waals surface area contributed by atoms with Crippen LogP contribution in [-0.2, 0) is 4.79 Å². The Kier molecular flexibility index (Phi) is 5.40. The van der Waals surface area contributed by atoms with Crippen molar-refractivity contribution in [3.63, 3.8) is 0 Å². The summed E-state index contributed by atoms with van der Waals surface area (Å²) in [4.78, 5) is 13.2. The molecule has 1 N–H and O–H groups in total. The third kappa shape index (κ3) is 4.35. The number of hydrogen-bond acceptors (Lipinski definition) is 2. The van der Waals surface area contributed by atoms with Gasteiger partial charge in [-0.15, -0.1) is 0 Å². The van der Waals surface area contributed by atoms with Crippen molar-refractivity contribution in [2.75, 3.05) is 13.1 Å². The quantitative estimate of drug-likeness (QED) is 0.852. The molecule has 0 aliphatic carbocycles. The first-order valence-electron chi connectivity index (χ1n) is 7.28. The lowest BCUT2D eigenvalue weighted by molar-refractivity contribution is -0.137. The van der Waals surface area contributed by atoms with E-state index in [-0.39, 0.29) is 6.42 Å². The van der Waals surface area contributed by atoms with Gasteiger partial charge < -0.3 is 5.11 Å². The van der Waals surface area contributed by atoms with Crippen LogP contribution in [-0.4, -0.2) is 29.1 Å². The van der Waals surface area contributed by atoms with E-state index in [1.807, 2.05) is 6.07 Å². The summed E-state index contributed by atoms with van der Waals surface area (Å²) in [5.74, 6) is -0.689. The molecule has 2 rings (SSSR count). The number of rotatable bonds is 6. The molecule has 0 aromatic heterocycles. The van der Waals surface area contributed by atoms with Gasteiger partial charge in [-0.2, -0.15) is 0 Å². The van der Waals surface area contributed by atoms with Gasteiger partial charge in [-0.25, -0.2) is 0 Å². The normalized spacial score (nSPS) is 18.1. The fraction of sp³-hybridized carbons (Fsp3) is 0.562. The standard InChI is InChI=1S/C16H23NO2/c18-16(19)11-7-10-15(14-8-3-1-4-9-14)17-12-5-2-6-13-17/h1,3-4,8-9,15H,2,5-7,10-13H2,(H,18,19). The molecular weight excluding hydrogens is 238 g/mol. The first-order chi connectivity index (χ1) is 9.27. The smallest absolute Gasteiger partial charge is 0.303 e. The van der Waals surface area contributed by atoms with Gasteiger partial charge in [-0.3, -0.25) is 9.69 Å². The van der Waals surface area contributed by atoms with Crippen LogP contribution in [0.15, 0.2) is 30.3 Å². The molecule has 0 amide bonds. The van der Waals surface area contributed by atoms with E-state index in [4.69, 9.17) is 5.11 Å². The Bertz CT molecular complexity index is 385. The molecule has 3 heteroatoms. The van der Waals surface area contributed by atoms with Gasteiger partial charge in [0.05, 0.1) is 0 Å². The van der Waals surface area contributed by atoms with E-state index in [9.17, 15) is 4.79 Å². The van der Waals surface area contributed by atoms with Crippen molar-refractivity contribution in [2.24, 2.45) is 0 Å². The highest BCUT2D eigenvalue weighted by atomic mass is 16.4. The summed E-state index contributed by atoms with van der Waals surface area (Å²) in [5, 5.41) is 8.79. The van der Waals surface area contributed by atoms with E-state index in [0.717, 1.165) is 25.9 Å². The molecular formula is C16H23NO2. The van der Waals surface area contributed by atoms with Crippen molar-refractivity contribution in [1.82, 2.24) is 4.90 Å². The van der Waals surface area contributed by atoms with Gasteiger partial charge in [0.25, 0.3) is 0 Å². The van der Waals surface area contributed by atoms with Gasteiger partial charge in [0, 0.05) is 12.5 Å². The van der Waals surface area contributed by atoms with Crippen molar-refractivity contribution < 1.29 is 9.90 Å². The highest BCUT2D eigenvalue weighted by Gasteiger charge is 2.21. The average Bonchev–Trinajstić information content (AvgIpc) is 2.45. The van der Waals surface area contributed by atoms with Gasteiger partial charge >= 0.3 is 5.97 Å². The second-order valence-electron chi connectivity index (χ2n) is 5.31. The third-order valence-electron chi connectivity index (χ3n) is 3.88. The lowest BCUT2D eigenvalue weighted by atomic mass is 9.97. The molecule has 1 heterocycles. The number of nitrogens with zero attached hydrogens (tertiary/aromatic N) is 1. The van der Waals surface area contributed by atoms with Gasteiger partial charge in [-0.1, -0.05) is 36.8 Å². The number of carboxylic acids is 1.